The van der Waals surface area contributed by atoms with Crippen LogP contribution in [-0.4, -0.2) is 32.4 Å². The zero-order valence-electron chi connectivity index (χ0n) is 8.82. The third-order valence-electron chi connectivity index (χ3n) is 2.73. The molecule has 0 aliphatic carbocycles. The van der Waals surface area contributed by atoms with Crippen LogP contribution in [0.2, 0.25) is 5.15 Å². The Bertz CT molecular complexity index is 430. The summed E-state index contributed by atoms with van der Waals surface area (Å²) in [6, 6.07) is 3.28. The highest BCUT2D eigenvalue weighted by Crippen LogP contribution is 2.31. The minimum absolute atomic E-state index is 0.116. The van der Waals surface area contributed by atoms with E-state index in [1.54, 1.807) is 12.1 Å². The van der Waals surface area contributed by atoms with Crippen LogP contribution in [0.1, 0.15) is 5.56 Å². The average molecular weight is 274 g/mol. The number of aromatic nitrogens is 1. The molecule has 1 saturated heterocycles. The molecule has 0 aromatic carbocycles. The van der Waals surface area contributed by atoms with Crippen molar-refractivity contribution in [3.63, 3.8) is 0 Å². The molecule has 1 fully saturated rings. The molecule has 2 radical (unpaired) electrons. The van der Waals surface area contributed by atoms with E-state index in [0.717, 1.165) is 0 Å². The van der Waals surface area contributed by atoms with E-state index in [4.69, 9.17) is 11.6 Å². The predicted molar refractivity (Wildman–Crippen MR) is 63.5 cm³/mol. The molecule has 0 amide bonds. The Kier molecular flexibility index (Phi) is 3.53. The Hall–Kier alpha value is -0.890. The molecule has 2 unspecified atom stereocenters. The van der Waals surface area contributed by atoms with Crippen molar-refractivity contribution in [2.24, 2.45) is 0 Å². The standard InChI is InChI=1S/C9H10ClN4O2S/c10-8-2-1-7(5-12-8)6-14(13(15)16)3-4-17-9(14)11/h1-2,5,9H,3-4,6H2/q+1. The molecule has 90 valence electrons. The van der Waals surface area contributed by atoms with E-state index in [0.29, 0.717) is 23.0 Å². The van der Waals surface area contributed by atoms with Gasteiger partial charge in [0, 0.05) is 11.8 Å². The lowest BCUT2D eigenvalue weighted by Crippen LogP contribution is -2.55. The molecule has 0 bridgehead atoms. The van der Waals surface area contributed by atoms with Crippen LogP contribution in [0.15, 0.2) is 18.3 Å². The number of quaternary nitrogens is 1. The summed E-state index contributed by atoms with van der Waals surface area (Å²) in [4.78, 5) is 15.0. The molecular weight excluding hydrogens is 264 g/mol. The van der Waals surface area contributed by atoms with Gasteiger partial charge in [-0.15, -0.1) is 0 Å². The molecule has 1 aliphatic rings. The average Bonchev–Trinajstić information content (AvgIpc) is 2.65. The minimum Gasteiger partial charge on any atom is -0.244 e. The molecule has 0 spiro atoms. The summed E-state index contributed by atoms with van der Waals surface area (Å²) in [6.07, 6.45) is 1.50. The molecule has 2 heterocycles. The summed E-state index contributed by atoms with van der Waals surface area (Å²) in [5.74, 6) is 0.573. The van der Waals surface area contributed by atoms with E-state index >= 15 is 0 Å². The summed E-state index contributed by atoms with van der Waals surface area (Å²) in [5.41, 5.74) is 9.43. The van der Waals surface area contributed by atoms with Crippen molar-refractivity contribution >= 4 is 23.4 Å². The van der Waals surface area contributed by atoms with E-state index < -0.39 is 15.1 Å². The van der Waals surface area contributed by atoms with Crippen molar-refractivity contribution in [3.05, 3.63) is 39.2 Å². The first-order chi connectivity index (χ1) is 8.04. The summed E-state index contributed by atoms with van der Waals surface area (Å²) < 4.78 is -0.562. The fraction of sp³-hybridized carbons (Fsp3) is 0.444. The van der Waals surface area contributed by atoms with Crippen LogP contribution in [0, 0.1) is 10.1 Å². The Labute approximate surface area is 107 Å². The Morgan fingerprint density at radius 2 is 2.47 bits per heavy atom. The van der Waals surface area contributed by atoms with Crippen molar-refractivity contribution < 1.29 is 9.62 Å². The molecule has 2 rings (SSSR count). The van der Waals surface area contributed by atoms with E-state index in [1.807, 2.05) is 0 Å². The van der Waals surface area contributed by atoms with Crippen molar-refractivity contribution in [1.82, 2.24) is 10.7 Å². The minimum atomic E-state index is -1.03. The number of nitro groups is 1. The van der Waals surface area contributed by atoms with Crippen LogP contribution < -0.4 is 5.73 Å². The Balaban J connectivity index is 2.24. The van der Waals surface area contributed by atoms with Crippen LogP contribution in [0.3, 0.4) is 0 Å². The van der Waals surface area contributed by atoms with E-state index in [1.165, 1.54) is 18.0 Å². The maximum Gasteiger partial charge on any atom is 0.280 e. The number of nitrogens with zero attached hydrogens (tertiary/aromatic N) is 4. The van der Waals surface area contributed by atoms with Crippen molar-refractivity contribution in [2.45, 2.75) is 12.0 Å². The maximum atomic E-state index is 11.2. The molecule has 1 aromatic heterocycles. The number of pyridine rings is 1. The van der Waals surface area contributed by atoms with Gasteiger partial charge in [-0.1, -0.05) is 29.1 Å². The van der Waals surface area contributed by atoms with E-state index in [2.05, 4.69) is 4.98 Å². The molecule has 6 nitrogen and oxygen atoms in total. The first kappa shape index (κ1) is 12.6. The lowest BCUT2D eigenvalue weighted by Gasteiger charge is -2.23. The number of rotatable bonds is 3. The molecule has 8 heteroatoms. The van der Waals surface area contributed by atoms with Crippen LogP contribution in [0.4, 0.5) is 0 Å². The van der Waals surface area contributed by atoms with Gasteiger partial charge < -0.3 is 0 Å². The zero-order chi connectivity index (χ0) is 12.5. The van der Waals surface area contributed by atoms with Gasteiger partial charge >= 0.3 is 0 Å². The summed E-state index contributed by atoms with van der Waals surface area (Å²) >= 11 is 6.85. The fourth-order valence-corrected chi connectivity index (χ4v) is 3.04. The fourth-order valence-electron chi connectivity index (χ4n) is 1.76. The van der Waals surface area contributed by atoms with Crippen molar-refractivity contribution in [2.75, 3.05) is 12.3 Å². The number of hydrogen-bond donors (Lipinski definition) is 0. The largest absolute Gasteiger partial charge is 0.280 e. The Morgan fingerprint density at radius 1 is 1.71 bits per heavy atom. The lowest BCUT2D eigenvalue weighted by molar-refractivity contribution is -1.33. The predicted octanol–water partition coefficient (Wildman–Crippen LogP) is 1.34. The Morgan fingerprint density at radius 3 is 2.94 bits per heavy atom. The second-order valence-corrected chi connectivity index (χ2v) is 5.34. The van der Waals surface area contributed by atoms with Crippen LogP contribution in [-0.2, 0) is 6.54 Å². The van der Waals surface area contributed by atoms with Crippen LogP contribution in [0.5, 0.6) is 0 Å². The highest BCUT2D eigenvalue weighted by atomic mass is 35.5. The smallest absolute Gasteiger partial charge is 0.244 e. The third kappa shape index (κ3) is 2.37. The zero-order valence-corrected chi connectivity index (χ0v) is 10.4. The van der Waals surface area contributed by atoms with E-state index in [-0.39, 0.29) is 6.54 Å². The molecule has 0 saturated carbocycles. The number of halogens is 1. The lowest BCUT2D eigenvalue weighted by atomic mass is 10.2. The van der Waals surface area contributed by atoms with E-state index in [9.17, 15) is 15.8 Å². The number of thioether (sulfide) groups is 1. The van der Waals surface area contributed by atoms with Crippen molar-refractivity contribution in [1.29, 1.82) is 0 Å². The second kappa shape index (κ2) is 4.77. The molecule has 2 atom stereocenters. The van der Waals surface area contributed by atoms with Gasteiger partial charge in [-0.2, -0.15) is 0 Å². The van der Waals surface area contributed by atoms with Crippen molar-refractivity contribution in [3.8, 4) is 0 Å². The second-order valence-electron chi connectivity index (χ2n) is 3.79. The molecule has 0 N–H and O–H groups in total. The van der Waals surface area contributed by atoms with Gasteiger partial charge in [-0.25, -0.2) is 15.1 Å². The maximum absolute atomic E-state index is 11.2. The molecule has 17 heavy (non-hydrogen) atoms. The van der Waals surface area contributed by atoms with Gasteiger partial charge in [0.1, 0.15) is 5.15 Å². The van der Waals surface area contributed by atoms with Gasteiger partial charge in [0.15, 0.2) is 13.1 Å². The monoisotopic (exact) mass is 273 g/mol. The van der Waals surface area contributed by atoms with Crippen LogP contribution in [0.25, 0.3) is 0 Å². The highest BCUT2D eigenvalue weighted by molar-refractivity contribution is 7.99. The van der Waals surface area contributed by atoms with Gasteiger partial charge in [0.05, 0.1) is 5.75 Å². The topological polar surface area (TPSA) is 78.3 Å². The normalized spacial score (nSPS) is 28.2. The molecular formula is C9H10ClN4O2S+. The van der Waals surface area contributed by atoms with Gasteiger partial charge in [0.25, 0.3) is 5.50 Å². The third-order valence-corrected chi connectivity index (χ3v) is 4.06. The summed E-state index contributed by atoms with van der Waals surface area (Å²) in [6.45, 7) is 0.423. The quantitative estimate of drug-likeness (QED) is 0.360. The summed E-state index contributed by atoms with van der Waals surface area (Å²) in [7, 11) is 0. The first-order valence-corrected chi connectivity index (χ1v) is 6.39. The van der Waals surface area contributed by atoms with Gasteiger partial charge in [0.2, 0.25) is 5.03 Å². The summed E-state index contributed by atoms with van der Waals surface area (Å²) in [5, 5.41) is 11.1. The SMILES string of the molecule is [N]C1SCC[N+]1(Cc1ccc(Cl)nc1)[N+](=O)[O-]. The van der Waals surface area contributed by atoms with Gasteiger partial charge in [-0.3, -0.25) is 0 Å². The van der Waals surface area contributed by atoms with Crippen LogP contribution >= 0.6 is 23.4 Å². The number of hydrogen-bond acceptors (Lipinski definition) is 4. The highest BCUT2D eigenvalue weighted by Gasteiger charge is 2.53. The molecule has 1 aromatic rings. The first-order valence-electron chi connectivity index (χ1n) is 4.96. The molecule has 1 aliphatic heterocycles. The van der Waals surface area contributed by atoms with Gasteiger partial charge in [-0.05, 0) is 16.7 Å².